The number of pyridine rings is 1. The summed E-state index contributed by atoms with van der Waals surface area (Å²) < 4.78 is 5.52. The van der Waals surface area contributed by atoms with E-state index in [1.807, 2.05) is 48.2 Å². The third-order valence-corrected chi connectivity index (χ3v) is 4.73. The van der Waals surface area contributed by atoms with Gasteiger partial charge in [-0.1, -0.05) is 22.9 Å². The lowest BCUT2D eigenvalue weighted by atomic mass is 10.0. The average Bonchev–Trinajstić information content (AvgIpc) is 3.19. The highest BCUT2D eigenvalue weighted by Gasteiger charge is 2.32. The number of piperidine rings is 1. The number of aromatic nitrogens is 3. The average molecular weight is 348 g/mol. The van der Waals surface area contributed by atoms with E-state index in [0.717, 1.165) is 30.4 Å². The maximum atomic E-state index is 13.0. The van der Waals surface area contributed by atoms with Gasteiger partial charge in [0.2, 0.25) is 11.7 Å². The van der Waals surface area contributed by atoms with Crippen LogP contribution in [0, 0.1) is 6.92 Å². The fourth-order valence-electron chi connectivity index (χ4n) is 3.28. The fourth-order valence-corrected chi connectivity index (χ4v) is 3.28. The maximum absolute atomic E-state index is 13.0. The van der Waals surface area contributed by atoms with Crippen molar-refractivity contribution < 1.29 is 9.32 Å². The molecule has 1 aliphatic heterocycles. The number of carbonyl (C=O) groups excluding carboxylic acids is 1. The number of amides is 1. The molecule has 4 rings (SSSR count). The molecule has 6 nitrogen and oxygen atoms in total. The van der Waals surface area contributed by atoms with Gasteiger partial charge < -0.3 is 9.42 Å². The van der Waals surface area contributed by atoms with Crippen LogP contribution in [-0.2, 0) is 0 Å². The minimum Gasteiger partial charge on any atom is -0.337 e. The largest absolute Gasteiger partial charge is 0.337 e. The van der Waals surface area contributed by atoms with Gasteiger partial charge in [0.1, 0.15) is 6.04 Å². The zero-order valence-corrected chi connectivity index (χ0v) is 14.6. The summed E-state index contributed by atoms with van der Waals surface area (Å²) in [5.41, 5.74) is 2.68. The molecule has 0 saturated carbocycles. The van der Waals surface area contributed by atoms with Crippen molar-refractivity contribution in [1.82, 2.24) is 20.0 Å². The van der Waals surface area contributed by atoms with E-state index in [2.05, 4.69) is 15.1 Å². The molecule has 0 spiro atoms. The lowest BCUT2D eigenvalue weighted by molar-refractivity contribution is 0.0561. The molecule has 3 heterocycles. The molecular formula is C20H20N4O2. The second-order valence-electron chi connectivity index (χ2n) is 6.57. The van der Waals surface area contributed by atoms with Gasteiger partial charge in [0.25, 0.3) is 5.91 Å². The van der Waals surface area contributed by atoms with Crippen molar-refractivity contribution in [1.29, 1.82) is 0 Å². The van der Waals surface area contributed by atoms with Crippen LogP contribution in [0.5, 0.6) is 0 Å². The van der Waals surface area contributed by atoms with Gasteiger partial charge in [0.05, 0.1) is 0 Å². The lowest BCUT2D eigenvalue weighted by Crippen LogP contribution is -2.38. The Morgan fingerprint density at radius 2 is 1.88 bits per heavy atom. The van der Waals surface area contributed by atoms with Crippen molar-refractivity contribution in [2.45, 2.75) is 32.2 Å². The van der Waals surface area contributed by atoms with Gasteiger partial charge in [-0.15, -0.1) is 0 Å². The van der Waals surface area contributed by atoms with Crippen LogP contribution in [0.25, 0.3) is 11.4 Å². The summed E-state index contributed by atoms with van der Waals surface area (Å²) in [6.07, 6.45) is 6.24. The molecule has 0 bridgehead atoms. The normalized spacial score (nSPS) is 17.3. The number of likely N-dealkylation sites (tertiary alicyclic amines) is 1. The van der Waals surface area contributed by atoms with Crippen LogP contribution in [-0.4, -0.2) is 32.5 Å². The van der Waals surface area contributed by atoms with Crippen molar-refractivity contribution in [3.63, 3.8) is 0 Å². The number of hydrogen-bond acceptors (Lipinski definition) is 5. The number of hydrogen-bond donors (Lipinski definition) is 0. The first-order valence-electron chi connectivity index (χ1n) is 8.84. The Morgan fingerprint density at radius 3 is 2.65 bits per heavy atom. The first-order valence-corrected chi connectivity index (χ1v) is 8.84. The molecular weight excluding hydrogens is 328 g/mol. The number of benzene rings is 1. The standard InChI is InChI=1S/C20H20N4O2/c1-14-5-7-16(8-6-14)20(25)24-13-3-2-4-17(24)19-22-18(23-26-19)15-9-11-21-12-10-15/h5-12,17H,2-4,13H2,1H3/t17-/m0/s1. The Labute approximate surface area is 151 Å². The van der Waals surface area contributed by atoms with Crippen LogP contribution in [0.3, 0.4) is 0 Å². The van der Waals surface area contributed by atoms with E-state index >= 15 is 0 Å². The Bertz CT molecular complexity index is 890. The molecule has 0 radical (unpaired) electrons. The van der Waals surface area contributed by atoms with Crippen molar-refractivity contribution >= 4 is 5.91 Å². The van der Waals surface area contributed by atoms with Crippen LogP contribution in [0.4, 0.5) is 0 Å². The fraction of sp³-hybridized carbons (Fsp3) is 0.300. The number of rotatable bonds is 3. The maximum Gasteiger partial charge on any atom is 0.254 e. The molecule has 2 aromatic heterocycles. The molecule has 1 atom stereocenters. The monoisotopic (exact) mass is 348 g/mol. The summed E-state index contributed by atoms with van der Waals surface area (Å²) in [6.45, 7) is 2.71. The van der Waals surface area contributed by atoms with Crippen LogP contribution in [0.2, 0.25) is 0 Å². The van der Waals surface area contributed by atoms with Crippen LogP contribution in [0.15, 0.2) is 53.3 Å². The third kappa shape index (κ3) is 3.22. The second-order valence-corrected chi connectivity index (χ2v) is 6.57. The first-order chi connectivity index (χ1) is 12.7. The van der Waals surface area contributed by atoms with Gasteiger partial charge in [-0.05, 0) is 50.5 Å². The zero-order chi connectivity index (χ0) is 17.9. The third-order valence-electron chi connectivity index (χ3n) is 4.73. The molecule has 3 aromatic rings. The van der Waals surface area contributed by atoms with E-state index in [1.54, 1.807) is 12.4 Å². The Hall–Kier alpha value is -3.02. The Morgan fingerprint density at radius 1 is 1.12 bits per heavy atom. The van der Waals surface area contributed by atoms with Crippen LogP contribution in [0.1, 0.15) is 47.1 Å². The summed E-state index contributed by atoms with van der Waals surface area (Å²) >= 11 is 0. The van der Waals surface area contributed by atoms with E-state index < -0.39 is 0 Å². The molecule has 1 fully saturated rings. The van der Waals surface area contributed by atoms with Crippen molar-refractivity contribution in [2.75, 3.05) is 6.54 Å². The predicted octanol–water partition coefficient (Wildman–Crippen LogP) is 3.81. The van der Waals surface area contributed by atoms with Crippen LogP contribution >= 0.6 is 0 Å². The lowest BCUT2D eigenvalue weighted by Gasteiger charge is -2.33. The topological polar surface area (TPSA) is 72.1 Å². The highest BCUT2D eigenvalue weighted by molar-refractivity contribution is 5.94. The molecule has 1 aromatic carbocycles. The van der Waals surface area contributed by atoms with Crippen molar-refractivity contribution in [2.24, 2.45) is 0 Å². The quantitative estimate of drug-likeness (QED) is 0.720. The molecule has 1 amide bonds. The van der Waals surface area contributed by atoms with E-state index in [1.165, 1.54) is 0 Å². The van der Waals surface area contributed by atoms with Gasteiger partial charge in [-0.25, -0.2) is 0 Å². The molecule has 1 saturated heterocycles. The highest BCUT2D eigenvalue weighted by Crippen LogP contribution is 2.32. The molecule has 0 N–H and O–H groups in total. The Kier molecular flexibility index (Phi) is 4.48. The molecule has 0 aliphatic carbocycles. The van der Waals surface area contributed by atoms with Gasteiger partial charge >= 0.3 is 0 Å². The number of carbonyl (C=O) groups is 1. The summed E-state index contributed by atoms with van der Waals surface area (Å²) in [6, 6.07) is 11.2. The molecule has 132 valence electrons. The van der Waals surface area contributed by atoms with E-state index in [4.69, 9.17) is 4.52 Å². The number of aryl methyl sites for hydroxylation is 1. The molecule has 6 heteroatoms. The van der Waals surface area contributed by atoms with Gasteiger partial charge in [0, 0.05) is 30.1 Å². The Balaban J connectivity index is 1.61. The van der Waals surface area contributed by atoms with Crippen molar-refractivity contribution in [3.05, 3.63) is 65.8 Å². The number of nitrogens with zero attached hydrogens (tertiary/aromatic N) is 4. The predicted molar refractivity (Wildman–Crippen MR) is 96.3 cm³/mol. The van der Waals surface area contributed by atoms with E-state index in [0.29, 0.717) is 23.8 Å². The summed E-state index contributed by atoms with van der Waals surface area (Å²) in [5.74, 6) is 1.03. The van der Waals surface area contributed by atoms with E-state index in [-0.39, 0.29) is 11.9 Å². The zero-order valence-electron chi connectivity index (χ0n) is 14.6. The molecule has 1 aliphatic rings. The van der Waals surface area contributed by atoms with E-state index in [9.17, 15) is 4.79 Å². The van der Waals surface area contributed by atoms with Crippen molar-refractivity contribution in [3.8, 4) is 11.4 Å². The van der Waals surface area contributed by atoms with Gasteiger partial charge in [-0.3, -0.25) is 9.78 Å². The summed E-state index contributed by atoms with van der Waals surface area (Å²) in [4.78, 5) is 23.4. The minimum atomic E-state index is -0.180. The highest BCUT2D eigenvalue weighted by atomic mass is 16.5. The first kappa shape index (κ1) is 16.4. The SMILES string of the molecule is Cc1ccc(C(=O)N2CCCC[C@H]2c2nc(-c3ccncc3)no2)cc1. The molecule has 0 unspecified atom stereocenters. The minimum absolute atomic E-state index is 0.0124. The van der Waals surface area contributed by atoms with Gasteiger partial charge in [-0.2, -0.15) is 4.98 Å². The summed E-state index contributed by atoms with van der Waals surface area (Å²) in [7, 11) is 0. The smallest absolute Gasteiger partial charge is 0.254 e. The molecule has 26 heavy (non-hydrogen) atoms. The second kappa shape index (κ2) is 7.07. The summed E-state index contributed by atoms with van der Waals surface area (Å²) in [5, 5.41) is 4.09. The van der Waals surface area contributed by atoms with Crippen LogP contribution < -0.4 is 0 Å². The van der Waals surface area contributed by atoms with Gasteiger partial charge in [0.15, 0.2) is 0 Å².